The van der Waals surface area contributed by atoms with E-state index in [2.05, 4.69) is 10.1 Å². The summed E-state index contributed by atoms with van der Waals surface area (Å²) < 4.78 is 55.2. The van der Waals surface area contributed by atoms with Crippen molar-refractivity contribution in [1.29, 1.82) is 0 Å². The molecule has 8 heteroatoms. The second kappa shape index (κ2) is 5.97. The minimum absolute atomic E-state index is 0.0102. The van der Waals surface area contributed by atoms with Crippen LogP contribution in [0.25, 0.3) is 0 Å². The number of esters is 1. The Morgan fingerprint density at radius 2 is 2.10 bits per heavy atom. The Bertz CT molecular complexity index is 660. The average molecular weight is 319 g/mol. The van der Waals surface area contributed by atoms with Gasteiger partial charge in [-0.15, -0.1) is 0 Å². The lowest BCUT2D eigenvalue weighted by Gasteiger charge is -2.13. The number of anilines is 1. The summed E-state index contributed by atoms with van der Waals surface area (Å²) in [5, 5.41) is 1.99. The molecule has 0 aliphatic carbocycles. The minimum Gasteiger partial charge on any atom is -0.465 e. The van der Waals surface area contributed by atoms with Crippen molar-refractivity contribution in [3.8, 4) is 0 Å². The number of halogens is 2. The molecule has 1 saturated heterocycles. The van der Waals surface area contributed by atoms with Gasteiger partial charge in [-0.25, -0.2) is 22.0 Å². The van der Waals surface area contributed by atoms with Crippen molar-refractivity contribution in [3.63, 3.8) is 0 Å². The largest absolute Gasteiger partial charge is 0.465 e. The summed E-state index contributed by atoms with van der Waals surface area (Å²) in [5.41, 5.74) is -0.684. The summed E-state index contributed by atoms with van der Waals surface area (Å²) >= 11 is 0. The van der Waals surface area contributed by atoms with E-state index in [4.69, 9.17) is 0 Å². The van der Waals surface area contributed by atoms with Gasteiger partial charge in [0, 0.05) is 6.54 Å². The van der Waals surface area contributed by atoms with Crippen molar-refractivity contribution in [2.24, 2.45) is 0 Å². The minimum atomic E-state index is -3.16. The van der Waals surface area contributed by atoms with Gasteiger partial charge in [0.15, 0.2) is 21.5 Å². The van der Waals surface area contributed by atoms with E-state index in [0.717, 1.165) is 13.2 Å². The van der Waals surface area contributed by atoms with Gasteiger partial charge in [0.05, 0.1) is 29.4 Å². The molecule has 1 N–H and O–H groups in total. The Hall–Kier alpha value is -1.70. The molecule has 2 rings (SSSR count). The Morgan fingerprint density at radius 1 is 1.38 bits per heavy atom. The summed E-state index contributed by atoms with van der Waals surface area (Å²) in [4.78, 5) is 11.2. The molecule has 0 bridgehead atoms. The molecule has 1 heterocycles. The zero-order valence-corrected chi connectivity index (χ0v) is 12.2. The molecule has 0 amide bonds. The molecule has 1 aliphatic rings. The van der Waals surface area contributed by atoms with Crippen molar-refractivity contribution in [2.75, 3.05) is 24.7 Å². The molecule has 0 aromatic heterocycles. The van der Waals surface area contributed by atoms with E-state index in [-0.39, 0.29) is 18.0 Å². The summed E-state index contributed by atoms with van der Waals surface area (Å²) in [6.45, 7) is 0.0102. The monoisotopic (exact) mass is 319 g/mol. The van der Waals surface area contributed by atoms with E-state index in [0.29, 0.717) is 12.8 Å². The van der Waals surface area contributed by atoms with Crippen LogP contribution in [0.1, 0.15) is 23.2 Å². The van der Waals surface area contributed by atoms with Crippen LogP contribution in [-0.4, -0.2) is 39.0 Å². The summed E-state index contributed by atoms with van der Waals surface area (Å²) in [7, 11) is -2.09. The van der Waals surface area contributed by atoms with Crippen molar-refractivity contribution < 1.29 is 26.7 Å². The summed E-state index contributed by atoms with van der Waals surface area (Å²) in [6.07, 6.45) is 1.08. The van der Waals surface area contributed by atoms with Crippen molar-refractivity contribution in [2.45, 2.75) is 18.1 Å². The van der Waals surface area contributed by atoms with Gasteiger partial charge in [0.25, 0.3) is 0 Å². The number of sulfone groups is 1. The fraction of sp³-hybridized carbons (Fsp3) is 0.462. The molecule has 0 saturated carbocycles. The zero-order chi connectivity index (χ0) is 15.6. The Morgan fingerprint density at radius 3 is 2.67 bits per heavy atom. The van der Waals surface area contributed by atoms with Crippen LogP contribution in [-0.2, 0) is 14.6 Å². The molecule has 21 heavy (non-hydrogen) atoms. The predicted octanol–water partition coefficient (Wildman–Crippen LogP) is 1.74. The Balaban J connectivity index is 2.15. The lowest BCUT2D eigenvalue weighted by molar-refractivity contribution is 0.0594. The Labute approximate surface area is 121 Å². The lowest BCUT2D eigenvalue weighted by atomic mass is 10.1. The second-order valence-corrected chi connectivity index (χ2v) is 7.19. The fourth-order valence-corrected chi connectivity index (χ4v) is 4.03. The highest BCUT2D eigenvalue weighted by Crippen LogP contribution is 2.24. The molecular weight excluding hydrogens is 304 g/mol. The third-order valence-electron chi connectivity index (χ3n) is 3.47. The number of carbonyl (C=O) groups excluding carboxylic acids is 1. The van der Waals surface area contributed by atoms with Crippen LogP contribution in [0.3, 0.4) is 0 Å². The maximum atomic E-state index is 13.8. The first-order valence-electron chi connectivity index (χ1n) is 6.38. The van der Waals surface area contributed by atoms with Gasteiger partial charge in [-0.3, -0.25) is 0 Å². The van der Waals surface area contributed by atoms with Gasteiger partial charge in [0.1, 0.15) is 0 Å². The zero-order valence-electron chi connectivity index (χ0n) is 11.4. The molecule has 1 aromatic rings. The molecule has 1 unspecified atom stereocenters. The molecule has 116 valence electrons. The number of hydrogen-bond donors (Lipinski definition) is 1. The fourth-order valence-electron chi connectivity index (χ4n) is 2.26. The van der Waals surface area contributed by atoms with Crippen molar-refractivity contribution in [3.05, 3.63) is 29.3 Å². The van der Waals surface area contributed by atoms with Gasteiger partial charge >= 0.3 is 5.97 Å². The number of hydrogen-bond acceptors (Lipinski definition) is 5. The summed E-state index contributed by atoms with van der Waals surface area (Å²) in [5.74, 6) is -3.40. The van der Waals surface area contributed by atoms with Gasteiger partial charge in [-0.1, -0.05) is 0 Å². The first-order valence-corrected chi connectivity index (χ1v) is 8.10. The molecule has 1 fully saturated rings. The van der Waals surface area contributed by atoms with Gasteiger partial charge < -0.3 is 10.1 Å². The number of carbonyl (C=O) groups is 1. The standard InChI is InChI=1S/C13H15F2NO4S/c1-20-13(17)9-4-5-10(12(15)11(9)14)16-7-8-3-2-6-21(8,18)19/h4-5,8,16H,2-3,6-7H2,1H3. The van der Waals surface area contributed by atoms with E-state index in [9.17, 15) is 22.0 Å². The summed E-state index contributed by atoms with van der Waals surface area (Å²) in [6, 6.07) is 2.28. The third-order valence-corrected chi connectivity index (χ3v) is 5.75. The maximum absolute atomic E-state index is 13.8. The molecule has 5 nitrogen and oxygen atoms in total. The quantitative estimate of drug-likeness (QED) is 0.856. The van der Waals surface area contributed by atoms with E-state index in [1.807, 2.05) is 0 Å². The highest BCUT2D eigenvalue weighted by atomic mass is 32.2. The van der Waals surface area contributed by atoms with E-state index in [1.54, 1.807) is 0 Å². The predicted molar refractivity (Wildman–Crippen MR) is 73.0 cm³/mol. The molecule has 1 atom stereocenters. The lowest BCUT2D eigenvalue weighted by Crippen LogP contribution is -2.25. The highest BCUT2D eigenvalue weighted by molar-refractivity contribution is 7.92. The highest BCUT2D eigenvalue weighted by Gasteiger charge is 2.31. The topological polar surface area (TPSA) is 72.5 Å². The molecule has 0 radical (unpaired) electrons. The van der Waals surface area contributed by atoms with Crippen LogP contribution in [0.2, 0.25) is 0 Å². The van der Waals surface area contributed by atoms with Crippen LogP contribution in [0.5, 0.6) is 0 Å². The van der Waals surface area contributed by atoms with Gasteiger partial charge in [-0.05, 0) is 25.0 Å². The van der Waals surface area contributed by atoms with E-state index < -0.39 is 38.3 Å². The number of ether oxygens (including phenoxy) is 1. The van der Waals surface area contributed by atoms with Gasteiger partial charge in [0.2, 0.25) is 0 Å². The van der Waals surface area contributed by atoms with E-state index in [1.165, 1.54) is 6.07 Å². The first kappa shape index (κ1) is 15.7. The van der Waals surface area contributed by atoms with Crippen molar-refractivity contribution >= 4 is 21.5 Å². The smallest absolute Gasteiger partial charge is 0.340 e. The molecule has 1 aliphatic heterocycles. The average Bonchev–Trinajstić information content (AvgIpc) is 2.78. The number of benzene rings is 1. The maximum Gasteiger partial charge on any atom is 0.340 e. The van der Waals surface area contributed by atoms with Gasteiger partial charge in [-0.2, -0.15) is 0 Å². The first-order chi connectivity index (χ1) is 9.86. The van der Waals surface area contributed by atoms with Crippen LogP contribution >= 0.6 is 0 Å². The molecular formula is C13H15F2NO4S. The van der Waals surface area contributed by atoms with Crippen LogP contribution < -0.4 is 5.32 Å². The van der Waals surface area contributed by atoms with Crippen LogP contribution in [0, 0.1) is 11.6 Å². The number of nitrogens with one attached hydrogen (secondary N) is 1. The molecule has 1 aromatic carbocycles. The van der Waals surface area contributed by atoms with E-state index >= 15 is 0 Å². The normalized spacial score (nSPS) is 20.2. The van der Waals surface area contributed by atoms with Crippen LogP contribution in [0.15, 0.2) is 12.1 Å². The second-order valence-electron chi connectivity index (χ2n) is 4.79. The number of rotatable bonds is 4. The SMILES string of the molecule is COC(=O)c1ccc(NCC2CCCS2(=O)=O)c(F)c1F. The third kappa shape index (κ3) is 3.15. The van der Waals surface area contributed by atoms with Crippen LogP contribution in [0.4, 0.5) is 14.5 Å². The number of methoxy groups -OCH3 is 1. The van der Waals surface area contributed by atoms with Crippen molar-refractivity contribution in [1.82, 2.24) is 0 Å². The molecule has 0 spiro atoms. The Kier molecular flexibility index (Phi) is 4.46.